The van der Waals surface area contributed by atoms with Gasteiger partial charge in [-0.2, -0.15) is 0 Å². The first kappa shape index (κ1) is 16.5. The van der Waals surface area contributed by atoms with E-state index in [0.29, 0.717) is 0 Å². The number of ether oxygens (including phenoxy) is 1. The van der Waals surface area contributed by atoms with Gasteiger partial charge in [-0.3, -0.25) is 0 Å². The third-order valence-electron chi connectivity index (χ3n) is 1.88. The standard InChI is InChI=1S/C9H14O9/c10-1-4(7(15)5(13)2-11)8(16)18-9(17)6(14)3-12/h1,5-7,10-15H,2-3H2/b4-1-. The summed E-state index contributed by atoms with van der Waals surface area (Å²) in [6, 6.07) is 0. The molecule has 0 spiro atoms. The Morgan fingerprint density at radius 1 is 1.11 bits per heavy atom. The van der Waals surface area contributed by atoms with Gasteiger partial charge in [-0.05, 0) is 0 Å². The van der Waals surface area contributed by atoms with Gasteiger partial charge in [-0.25, -0.2) is 9.59 Å². The topological polar surface area (TPSA) is 165 Å². The number of carbonyl (C=O) groups is 2. The first-order valence-electron chi connectivity index (χ1n) is 4.75. The van der Waals surface area contributed by atoms with E-state index in [1.807, 2.05) is 0 Å². The fraction of sp³-hybridized carbons (Fsp3) is 0.556. The maximum atomic E-state index is 11.3. The second kappa shape index (κ2) is 7.74. The third kappa shape index (κ3) is 4.39. The Hall–Kier alpha value is -1.52. The van der Waals surface area contributed by atoms with Gasteiger partial charge in [0.1, 0.15) is 17.8 Å². The first-order chi connectivity index (χ1) is 8.38. The summed E-state index contributed by atoms with van der Waals surface area (Å²) >= 11 is 0. The second-order valence-corrected chi connectivity index (χ2v) is 3.19. The number of aliphatic hydroxyl groups is 6. The van der Waals surface area contributed by atoms with E-state index < -0.39 is 49.0 Å². The molecule has 0 amide bonds. The van der Waals surface area contributed by atoms with Crippen molar-refractivity contribution in [2.24, 2.45) is 0 Å². The normalized spacial score (nSPS) is 16.8. The largest absolute Gasteiger partial charge is 0.515 e. The highest BCUT2D eigenvalue weighted by molar-refractivity contribution is 5.97. The average molecular weight is 266 g/mol. The number of rotatable bonds is 6. The maximum absolute atomic E-state index is 11.3. The van der Waals surface area contributed by atoms with Gasteiger partial charge < -0.3 is 35.4 Å². The molecule has 0 heterocycles. The summed E-state index contributed by atoms with van der Waals surface area (Å²) in [6.45, 7) is -1.88. The quantitative estimate of drug-likeness (QED) is 0.124. The monoisotopic (exact) mass is 266 g/mol. The summed E-state index contributed by atoms with van der Waals surface area (Å²) in [5.41, 5.74) is -0.893. The van der Waals surface area contributed by atoms with Crippen molar-refractivity contribution in [3.05, 3.63) is 11.8 Å². The van der Waals surface area contributed by atoms with E-state index in [4.69, 9.17) is 25.5 Å². The van der Waals surface area contributed by atoms with E-state index >= 15 is 0 Å². The summed E-state index contributed by atoms with van der Waals surface area (Å²) in [7, 11) is 0. The lowest BCUT2D eigenvalue weighted by atomic mass is 10.1. The van der Waals surface area contributed by atoms with Gasteiger partial charge in [-0.1, -0.05) is 0 Å². The molecule has 0 aromatic rings. The Morgan fingerprint density at radius 2 is 1.67 bits per heavy atom. The molecule has 0 fully saturated rings. The molecule has 0 aromatic heterocycles. The minimum atomic E-state index is -1.98. The van der Waals surface area contributed by atoms with Crippen molar-refractivity contribution in [3.8, 4) is 0 Å². The Labute approximate surface area is 101 Å². The minimum Gasteiger partial charge on any atom is -0.515 e. The zero-order chi connectivity index (χ0) is 14.3. The molecular weight excluding hydrogens is 252 g/mol. The Kier molecular flexibility index (Phi) is 7.08. The summed E-state index contributed by atoms with van der Waals surface area (Å²) < 4.78 is 4.00. The van der Waals surface area contributed by atoms with E-state index in [-0.39, 0.29) is 6.26 Å². The molecule has 0 aliphatic heterocycles. The SMILES string of the molecule is O=C(OC(=O)C(O)CO)/C(=C\O)C(O)C(O)CO. The average Bonchev–Trinajstić information content (AvgIpc) is 2.37. The van der Waals surface area contributed by atoms with Crippen molar-refractivity contribution in [2.75, 3.05) is 13.2 Å². The fourth-order valence-corrected chi connectivity index (χ4v) is 0.850. The lowest BCUT2D eigenvalue weighted by molar-refractivity contribution is -0.165. The number of esters is 2. The van der Waals surface area contributed by atoms with Gasteiger partial charge in [0.25, 0.3) is 0 Å². The molecule has 9 nitrogen and oxygen atoms in total. The van der Waals surface area contributed by atoms with Gasteiger partial charge in [0, 0.05) is 0 Å². The van der Waals surface area contributed by atoms with Gasteiger partial charge in [-0.15, -0.1) is 0 Å². The highest BCUT2D eigenvalue weighted by Crippen LogP contribution is 2.09. The summed E-state index contributed by atoms with van der Waals surface area (Å²) in [5, 5.41) is 52.8. The van der Waals surface area contributed by atoms with Crippen molar-refractivity contribution < 1.29 is 45.0 Å². The molecule has 18 heavy (non-hydrogen) atoms. The van der Waals surface area contributed by atoms with Crippen LogP contribution in [0.3, 0.4) is 0 Å². The molecule has 9 heteroatoms. The molecule has 0 aromatic carbocycles. The Bertz CT molecular complexity index is 324. The Morgan fingerprint density at radius 3 is 2.06 bits per heavy atom. The van der Waals surface area contributed by atoms with Crippen LogP contribution in [0.1, 0.15) is 0 Å². The smallest absolute Gasteiger partial charge is 0.347 e. The molecule has 0 saturated carbocycles. The van der Waals surface area contributed by atoms with Gasteiger partial charge >= 0.3 is 11.9 Å². The zero-order valence-electron chi connectivity index (χ0n) is 9.13. The van der Waals surface area contributed by atoms with Crippen LogP contribution in [0.15, 0.2) is 11.8 Å². The van der Waals surface area contributed by atoms with Crippen LogP contribution in [0.2, 0.25) is 0 Å². The van der Waals surface area contributed by atoms with Crippen molar-refractivity contribution in [1.82, 2.24) is 0 Å². The van der Waals surface area contributed by atoms with Crippen LogP contribution in [-0.4, -0.2) is 74.1 Å². The van der Waals surface area contributed by atoms with Gasteiger partial charge in [0.05, 0.1) is 19.5 Å². The van der Waals surface area contributed by atoms with Crippen LogP contribution in [-0.2, 0) is 14.3 Å². The number of hydrogen-bond donors (Lipinski definition) is 6. The van der Waals surface area contributed by atoms with Crippen LogP contribution < -0.4 is 0 Å². The molecule has 0 radical (unpaired) electrons. The molecule has 6 N–H and O–H groups in total. The van der Waals surface area contributed by atoms with Crippen molar-refractivity contribution >= 4 is 11.9 Å². The third-order valence-corrected chi connectivity index (χ3v) is 1.88. The van der Waals surface area contributed by atoms with E-state index in [9.17, 15) is 14.7 Å². The molecule has 0 rings (SSSR count). The van der Waals surface area contributed by atoms with Crippen LogP contribution in [0.4, 0.5) is 0 Å². The number of carbonyl (C=O) groups excluding carboxylic acids is 2. The zero-order valence-corrected chi connectivity index (χ0v) is 9.13. The predicted molar refractivity (Wildman–Crippen MR) is 54.0 cm³/mol. The predicted octanol–water partition coefficient (Wildman–Crippen LogP) is -3.43. The lowest BCUT2D eigenvalue weighted by Gasteiger charge is -2.17. The van der Waals surface area contributed by atoms with Gasteiger partial charge in [0.2, 0.25) is 0 Å². The maximum Gasteiger partial charge on any atom is 0.347 e. The number of aliphatic hydroxyl groups excluding tert-OH is 6. The molecule has 3 atom stereocenters. The minimum absolute atomic E-state index is 0.0878. The van der Waals surface area contributed by atoms with Gasteiger partial charge in [0.15, 0.2) is 6.10 Å². The van der Waals surface area contributed by atoms with E-state index in [0.717, 1.165) is 0 Å². The molecule has 0 aliphatic rings. The van der Waals surface area contributed by atoms with Crippen LogP contribution in [0.25, 0.3) is 0 Å². The van der Waals surface area contributed by atoms with Crippen molar-refractivity contribution in [2.45, 2.75) is 18.3 Å². The Balaban J connectivity index is 4.70. The summed E-state index contributed by atoms with van der Waals surface area (Å²) in [5.74, 6) is -3.03. The van der Waals surface area contributed by atoms with Crippen molar-refractivity contribution in [1.29, 1.82) is 0 Å². The molecule has 0 aliphatic carbocycles. The lowest BCUT2D eigenvalue weighted by Crippen LogP contribution is -2.36. The molecule has 0 saturated heterocycles. The summed E-state index contributed by atoms with van der Waals surface area (Å²) in [6.07, 6.45) is -5.61. The molecule has 0 bridgehead atoms. The van der Waals surface area contributed by atoms with E-state index in [2.05, 4.69) is 4.74 Å². The number of hydrogen-bond acceptors (Lipinski definition) is 9. The van der Waals surface area contributed by atoms with Crippen LogP contribution in [0, 0.1) is 0 Å². The highest BCUT2D eigenvalue weighted by atomic mass is 16.6. The van der Waals surface area contributed by atoms with E-state index in [1.165, 1.54) is 0 Å². The van der Waals surface area contributed by atoms with E-state index in [1.54, 1.807) is 0 Å². The van der Waals surface area contributed by atoms with Crippen molar-refractivity contribution in [3.63, 3.8) is 0 Å². The molecular formula is C9H14O9. The van der Waals surface area contributed by atoms with Crippen LogP contribution >= 0.6 is 0 Å². The molecule has 3 unspecified atom stereocenters. The fourth-order valence-electron chi connectivity index (χ4n) is 0.850. The summed E-state index contributed by atoms with van der Waals surface area (Å²) in [4.78, 5) is 22.2. The van der Waals surface area contributed by atoms with Crippen LogP contribution in [0.5, 0.6) is 0 Å². The second-order valence-electron chi connectivity index (χ2n) is 3.19. The first-order valence-corrected chi connectivity index (χ1v) is 4.75. The molecule has 104 valence electrons. The highest BCUT2D eigenvalue weighted by Gasteiger charge is 2.29.